The fraction of sp³-hybridized carbons (Fsp3) is 0.438. The second kappa shape index (κ2) is 5.30. The number of anilines is 1. The second-order valence-corrected chi connectivity index (χ2v) is 8.29. The first kappa shape index (κ1) is 14.3. The van der Waals surface area contributed by atoms with Gasteiger partial charge in [0, 0.05) is 12.6 Å². The van der Waals surface area contributed by atoms with E-state index in [1.54, 1.807) is 0 Å². The molecule has 1 aromatic carbocycles. The molecule has 0 radical (unpaired) electrons. The molecule has 0 spiro atoms. The van der Waals surface area contributed by atoms with Gasteiger partial charge in [-0.1, -0.05) is 24.6 Å². The third-order valence-electron chi connectivity index (χ3n) is 4.29. The van der Waals surface area contributed by atoms with Crippen molar-refractivity contribution in [3.05, 3.63) is 35.9 Å². The molecule has 1 amide bonds. The summed E-state index contributed by atoms with van der Waals surface area (Å²) in [7, 11) is -2.98. The van der Waals surface area contributed by atoms with Gasteiger partial charge in [0.1, 0.15) is 0 Å². The lowest BCUT2D eigenvalue weighted by molar-refractivity contribution is -0.114. The van der Waals surface area contributed by atoms with E-state index in [0.717, 1.165) is 36.1 Å². The summed E-state index contributed by atoms with van der Waals surface area (Å²) in [6, 6.07) is 7.62. The molecule has 1 fully saturated rings. The minimum Gasteiger partial charge on any atom is -0.326 e. The molecule has 2 aliphatic rings. The number of allylic oxidation sites excluding steroid dienone is 1. The number of hydrogen-bond acceptors (Lipinski definition) is 3. The quantitative estimate of drug-likeness (QED) is 0.914. The minimum atomic E-state index is -2.98. The van der Waals surface area contributed by atoms with Crippen molar-refractivity contribution in [2.75, 3.05) is 5.32 Å². The van der Waals surface area contributed by atoms with E-state index in [9.17, 15) is 13.2 Å². The summed E-state index contributed by atoms with van der Waals surface area (Å²) in [6.07, 6.45) is 4.99. The number of hydrogen-bond donors (Lipinski definition) is 1. The molecule has 1 saturated heterocycles. The Balaban J connectivity index is 1.94. The van der Waals surface area contributed by atoms with Crippen molar-refractivity contribution < 1.29 is 13.2 Å². The van der Waals surface area contributed by atoms with Gasteiger partial charge in [0.2, 0.25) is 5.91 Å². The number of nitrogens with one attached hydrogen (secondary N) is 1. The molecule has 112 valence electrons. The van der Waals surface area contributed by atoms with Crippen LogP contribution in [0.5, 0.6) is 0 Å². The molecule has 2 aliphatic heterocycles. The molecule has 0 aliphatic carbocycles. The topological polar surface area (TPSA) is 63.2 Å². The first-order chi connectivity index (χ1) is 9.96. The maximum absolute atomic E-state index is 12.3. The number of rotatable bonds is 2. The van der Waals surface area contributed by atoms with E-state index >= 15 is 0 Å². The van der Waals surface area contributed by atoms with Crippen molar-refractivity contribution in [3.8, 4) is 0 Å². The Kier molecular flexibility index (Phi) is 3.61. The van der Waals surface area contributed by atoms with Crippen LogP contribution in [0.25, 0.3) is 5.57 Å². The Hall–Kier alpha value is -1.62. The number of carbonyl (C=O) groups excluding carboxylic acids is 1. The van der Waals surface area contributed by atoms with Crippen LogP contribution >= 0.6 is 0 Å². The number of amides is 1. The molecule has 1 aromatic rings. The van der Waals surface area contributed by atoms with Crippen LogP contribution in [0, 0.1) is 0 Å². The van der Waals surface area contributed by atoms with E-state index in [0.29, 0.717) is 6.42 Å². The molecule has 4 nitrogen and oxygen atoms in total. The van der Waals surface area contributed by atoms with Gasteiger partial charge >= 0.3 is 0 Å². The normalized spacial score (nSPS) is 26.8. The average Bonchev–Trinajstić information content (AvgIpc) is 2.36. The average molecular weight is 305 g/mol. The van der Waals surface area contributed by atoms with Gasteiger partial charge in [-0.3, -0.25) is 4.79 Å². The summed E-state index contributed by atoms with van der Waals surface area (Å²) in [5.74, 6) is -0.107. The highest BCUT2D eigenvalue weighted by Crippen LogP contribution is 2.39. The third kappa shape index (κ3) is 2.75. The van der Waals surface area contributed by atoms with Crippen LogP contribution in [0.2, 0.25) is 0 Å². The van der Waals surface area contributed by atoms with Crippen LogP contribution in [-0.2, 0) is 14.6 Å². The molecule has 5 heteroatoms. The van der Waals surface area contributed by atoms with E-state index in [2.05, 4.69) is 5.32 Å². The molecule has 3 rings (SSSR count). The van der Waals surface area contributed by atoms with Crippen molar-refractivity contribution in [2.24, 2.45) is 0 Å². The van der Waals surface area contributed by atoms with Gasteiger partial charge in [-0.2, -0.15) is 0 Å². The zero-order valence-corrected chi connectivity index (χ0v) is 12.8. The molecule has 2 bridgehead atoms. The van der Waals surface area contributed by atoms with Crippen molar-refractivity contribution in [1.29, 1.82) is 0 Å². The Bertz CT molecular complexity index is 706. The lowest BCUT2D eigenvalue weighted by atomic mass is 9.93. The molecule has 21 heavy (non-hydrogen) atoms. The number of carbonyl (C=O) groups is 1. The first-order valence-electron chi connectivity index (χ1n) is 7.28. The van der Waals surface area contributed by atoms with Crippen LogP contribution in [0.3, 0.4) is 0 Å². The minimum absolute atomic E-state index is 0.107. The van der Waals surface area contributed by atoms with Crippen molar-refractivity contribution in [3.63, 3.8) is 0 Å². The maximum atomic E-state index is 12.3. The molecule has 2 atom stereocenters. The van der Waals surface area contributed by atoms with Crippen LogP contribution in [0.15, 0.2) is 30.3 Å². The fourth-order valence-corrected chi connectivity index (χ4v) is 5.52. The Labute approximate surface area is 125 Å². The highest BCUT2D eigenvalue weighted by atomic mass is 32.2. The van der Waals surface area contributed by atoms with Crippen molar-refractivity contribution in [2.45, 2.75) is 43.1 Å². The Morgan fingerprint density at radius 3 is 2.81 bits per heavy atom. The van der Waals surface area contributed by atoms with Crippen LogP contribution in [-0.4, -0.2) is 24.8 Å². The van der Waals surface area contributed by atoms with E-state index in [1.165, 1.54) is 6.92 Å². The lowest BCUT2D eigenvalue weighted by Gasteiger charge is -2.33. The first-order valence-corrected chi connectivity index (χ1v) is 8.89. The van der Waals surface area contributed by atoms with E-state index in [-0.39, 0.29) is 16.4 Å². The predicted molar refractivity (Wildman–Crippen MR) is 83.7 cm³/mol. The maximum Gasteiger partial charge on any atom is 0.221 e. The van der Waals surface area contributed by atoms with Gasteiger partial charge in [-0.25, -0.2) is 8.42 Å². The van der Waals surface area contributed by atoms with Gasteiger partial charge < -0.3 is 5.32 Å². The van der Waals surface area contributed by atoms with Gasteiger partial charge in [-0.05, 0) is 42.5 Å². The number of benzene rings is 1. The van der Waals surface area contributed by atoms with Gasteiger partial charge in [0.05, 0.1) is 10.5 Å². The molecular formula is C16H19NO3S. The lowest BCUT2D eigenvalue weighted by Crippen LogP contribution is -2.38. The summed E-state index contributed by atoms with van der Waals surface area (Å²) >= 11 is 0. The summed E-state index contributed by atoms with van der Waals surface area (Å²) in [5.41, 5.74) is 2.85. The molecule has 2 unspecified atom stereocenters. The fourth-order valence-electron chi connectivity index (χ4n) is 3.27. The Morgan fingerprint density at radius 1 is 1.29 bits per heavy atom. The van der Waals surface area contributed by atoms with E-state index in [4.69, 9.17) is 0 Å². The van der Waals surface area contributed by atoms with Gasteiger partial charge in [0.25, 0.3) is 0 Å². The second-order valence-electron chi connectivity index (χ2n) is 5.84. The highest BCUT2D eigenvalue weighted by molar-refractivity contribution is 7.93. The number of fused-ring (bicyclic) bond motifs is 2. The van der Waals surface area contributed by atoms with Gasteiger partial charge in [0.15, 0.2) is 9.84 Å². The molecule has 1 N–H and O–H groups in total. The SMILES string of the molecule is CC(=O)Nc1cccc(C2=CC3CCCC(C2)S3(=O)=O)c1. The van der Waals surface area contributed by atoms with E-state index in [1.807, 2.05) is 30.3 Å². The van der Waals surface area contributed by atoms with Crippen LogP contribution in [0.4, 0.5) is 5.69 Å². The zero-order chi connectivity index (χ0) is 15.0. The molecule has 2 heterocycles. The summed E-state index contributed by atoms with van der Waals surface area (Å²) in [6.45, 7) is 1.48. The van der Waals surface area contributed by atoms with Crippen LogP contribution in [0.1, 0.15) is 38.2 Å². The molecular weight excluding hydrogens is 286 g/mol. The van der Waals surface area contributed by atoms with Crippen molar-refractivity contribution >= 4 is 27.0 Å². The van der Waals surface area contributed by atoms with Gasteiger partial charge in [-0.15, -0.1) is 0 Å². The highest BCUT2D eigenvalue weighted by Gasteiger charge is 2.40. The summed E-state index contributed by atoms with van der Waals surface area (Å²) in [4.78, 5) is 11.1. The number of sulfone groups is 1. The monoisotopic (exact) mass is 305 g/mol. The van der Waals surface area contributed by atoms with Crippen molar-refractivity contribution in [1.82, 2.24) is 0 Å². The Morgan fingerprint density at radius 2 is 2.10 bits per heavy atom. The summed E-state index contributed by atoms with van der Waals surface area (Å²) in [5, 5.41) is 2.20. The standard InChI is InChI=1S/C16H19NO3S/c1-11(18)17-14-5-2-4-12(8-14)13-9-15-6-3-7-16(10-13)21(15,19)20/h2,4-5,8-9,15-16H,3,6-7,10H2,1H3,(H,17,18). The smallest absolute Gasteiger partial charge is 0.221 e. The molecule has 0 saturated carbocycles. The predicted octanol–water partition coefficient (Wildman–Crippen LogP) is 2.77. The summed E-state index contributed by atoms with van der Waals surface area (Å²) < 4.78 is 24.6. The zero-order valence-electron chi connectivity index (χ0n) is 12.0. The van der Waals surface area contributed by atoms with E-state index < -0.39 is 9.84 Å². The largest absolute Gasteiger partial charge is 0.326 e. The third-order valence-corrected chi connectivity index (χ3v) is 6.84. The molecule has 0 aromatic heterocycles. The van der Waals surface area contributed by atoms with Crippen LogP contribution < -0.4 is 5.32 Å².